The van der Waals surface area contributed by atoms with E-state index < -0.39 is 0 Å². The molecule has 1 aliphatic rings. The van der Waals surface area contributed by atoms with Gasteiger partial charge in [-0.25, -0.2) is 3.11 Å². The van der Waals surface area contributed by atoms with Crippen molar-refractivity contribution in [3.05, 3.63) is 0 Å². The van der Waals surface area contributed by atoms with Crippen LogP contribution in [0.2, 0.25) is 0 Å². The van der Waals surface area contributed by atoms with Crippen molar-refractivity contribution >= 4 is 22.9 Å². The standard InChI is InChI=1S/C14H29IN2/c1-5-12(3)16(4)14(6-2)17(15)13-10-8-7-9-11-13/h12-14H,5-11H2,1-4H3. The molecule has 1 rings (SSSR count). The predicted molar refractivity (Wildman–Crippen MR) is 84.3 cm³/mol. The van der Waals surface area contributed by atoms with Gasteiger partial charge in [0.05, 0.1) is 6.17 Å². The second kappa shape index (κ2) is 7.95. The Balaban J connectivity index is 2.58. The van der Waals surface area contributed by atoms with Crippen LogP contribution in [0.4, 0.5) is 0 Å². The lowest BCUT2D eigenvalue weighted by Gasteiger charge is -2.41. The van der Waals surface area contributed by atoms with Gasteiger partial charge in [0.25, 0.3) is 0 Å². The average molecular weight is 352 g/mol. The summed E-state index contributed by atoms with van der Waals surface area (Å²) in [4.78, 5) is 2.56. The van der Waals surface area contributed by atoms with Crippen LogP contribution in [0.5, 0.6) is 0 Å². The first-order valence-corrected chi connectivity index (χ1v) is 8.24. The second-order valence-corrected chi connectivity index (χ2v) is 6.56. The van der Waals surface area contributed by atoms with E-state index in [0.717, 1.165) is 6.04 Å². The van der Waals surface area contributed by atoms with Crippen LogP contribution in [0.15, 0.2) is 0 Å². The Kier molecular flexibility index (Phi) is 7.34. The third kappa shape index (κ3) is 4.35. The molecule has 17 heavy (non-hydrogen) atoms. The maximum Gasteiger partial charge on any atom is 0.0713 e. The molecule has 2 unspecified atom stereocenters. The van der Waals surface area contributed by atoms with Crippen LogP contribution >= 0.6 is 22.9 Å². The van der Waals surface area contributed by atoms with Crippen molar-refractivity contribution < 1.29 is 0 Å². The molecule has 0 bridgehead atoms. The number of rotatable bonds is 6. The molecule has 1 saturated carbocycles. The Hall–Kier alpha value is 0.650. The van der Waals surface area contributed by atoms with Gasteiger partial charge in [0.2, 0.25) is 0 Å². The topological polar surface area (TPSA) is 6.48 Å². The van der Waals surface area contributed by atoms with Crippen molar-refractivity contribution in [2.75, 3.05) is 7.05 Å². The minimum atomic E-state index is 0.605. The Bertz CT molecular complexity index is 204. The minimum Gasteiger partial charge on any atom is -0.288 e. The summed E-state index contributed by atoms with van der Waals surface area (Å²) in [5.41, 5.74) is 0. The summed E-state index contributed by atoms with van der Waals surface area (Å²) in [6, 6.07) is 1.49. The second-order valence-electron chi connectivity index (χ2n) is 5.45. The molecule has 102 valence electrons. The van der Waals surface area contributed by atoms with Gasteiger partial charge in [0, 0.05) is 34.9 Å². The van der Waals surface area contributed by atoms with Gasteiger partial charge in [-0.3, -0.25) is 4.90 Å². The van der Waals surface area contributed by atoms with Crippen molar-refractivity contribution in [1.29, 1.82) is 0 Å². The van der Waals surface area contributed by atoms with Crippen LogP contribution in [0.1, 0.15) is 65.7 Å². The fourth-order valence-electron chi connectivity index (χ4n) is 2.79. The zero-order valence-electron chi connectivity index (χ0n) is 12.0. The molecule has 0 aromatic rings. The molecular weight excluding hydrogens is 323 g/mol. The Morgan fingerprint density at radius 3 is 2.18 bits per heavy atom. The first-order chi connectivity index (χ1) is 8.11. The van der Waals surface area contributed by atoms with Crippen molar-refractivity contribution in [2.45, 2.75) is 84.0 Å². The highest BCUT2D eigenvalue weighted by Gasteiger charge is 2.28. The minimum absolute atomic E-state index is 0.605. The van der Waals surface area contributed by atoms with E-state index in [1.54, 1.807) is 0 Å². The molecule has 0 radical (unpaired) electrons. The van der Waals surface area contributed by atoms with E-state index >= 15 is 0 Å². The van der Waals surface area contributed by atoms with E-state index in [9.17, 15) is 0 Å². The largest absolute Gasteiger partial charge is 0.288 e. The summed E-state index contributed by atoms with van der Waals surface area (Å²) in [5, 5.41) is 0. The Morgan fingerprint density at radius 2 is 1.71 bits per heavy atom. The molecule has 0 aliphatic heterocycles. The average Bonchev–Trinajstić information content (AvgIpc) is 2.39. The van der Waals surface area contributed by atoms with Crippen LogP contribution in [-0.2, 0) is 0 Å². The smallest absolute Gasteiger partial charge is 0.0713 e. The van der Waals surface area contributed by atoms with E-state index in [1.807, 2.05) is 0 Å². The molecule has 0 saturated heterocycles. The molecule has 2 atom stereocenters. The monoisotopic (exact) mass is 352 g/mol. The molecule has 3 heteroatoms. The van der Waals surface area contributed by atoms with Gasteiger partial charge >= 0.3 is 0 Å². The van der Waals surface area contributed by atoms with Crippen molar-refractivity contribution in [3.8, 4) is 0 Å². The lowest BCUT2D eigenvalue weighted by atomic mass is 9.95. The molecule has 0 amide bonds. The third-order valence-electron chi connectivity index (χ3n) is 4.33. The fourth-order valence-corrected chi connectivity index (χ4v) is 4.13. The van der Waals surface area contributed by atoms with Crippen LogP contribution < -0.4 is 0 Å². The Morgan fingerprint density at radius 1 is 1.12 bits per heavy atom. The van der Waals surface area contributed by atoms with E-state index in [1.165, 1.54) is 44.9 Å². The van der Waals surface area contributed by atoms with Crippen LogP contribution in [0, 0.1) is 0 Å². The first kappa shape index (κ1) is 15.7. The zero-order chi connectivity index (χ0) is 12.8. The number of nitrogens with zero attached hydrogens (tertiary/aromatic N) is 2. The molecule has 2 nitrogen and oxygen atoms in total. The van der Waals surface area contributed by atoms with Crippen molar-refractivity contribution in [3.63, 3.8) is 0 Å². The van der Waals surface area contributed by atoms with Gasteiger partial charge in [0.1, 0.15) is 0 Å². The summed E-state index contributed by atoms with van der Waals surface area (Å²) in [6.45, 7) is 6.94. The summed E-state index contributed by atoms with van der Waals surface area (Å²) >= 11 is 2.58. The van der Waals surface area contributed by atoms with Gasteiger partial charge in [-0.2, -0.15) is 0 Å². The lowest BCUT2D eigenvalue weighted by Crippen LogP contribution is -2.49. The normalized spacial score (nSPS) is 22.1. The fraction of sp³-hybridized carbons (Fsp3) is 1.00. The van der Waals surface area contributed by atoms with Gasteiger partial charge in [-0.15, -0.1) is 0 Å². The van der Waals surface area contributed by atoms with Crippen LogP contribution in [0.3, 0.4) is 0 Å². The molecular formula is C14H29IN2. The van der Waals surface area contributed by atoms with Crippen LogP contribution in [-0.4, -0.2) is 33.3 Å². The summed E-state index contributed by atoms with van der Waals surface area (Å²) in [7, 11) is 2.29. The van der Waals surface area contributed by atoms with Gasteiger partial charge in [0.15, 0.2) is 0 Å². The highest BCUT2D eigenvalue weighted by molar-refractivity contribution is 14.1. The van der Waals surface area contributed by atoms with E-state index in [4.69, 9.17) is 0 Å². The molecule has 0 spiro atoms. The highest BCUT2D eigenvalue weighted by Crippen LogP contribution is 2.29. The highest BCUT2D eigenvalue weighted by atomic mass is 127. The van der Waals surface area contributed by atoms with Gasteiger partial charge in [-0.05, 0) is 39.7 Å². The van der Waals surface area contributed by atoms with E-state index in [2.05, 4.69) is 58.7 Å². The maximum atomic E-state index is 2.61. The molecule has 0 heterocycles. The number of halogens is 1. The van der Waals surface area contributed by atoms with Crippen molar-refractivity contribution in [2.24, 2.45) is 0 Å². The third-order valence-corrected chi connectivity index (χ3v) is 5.76. The Labute approximate surface area is 122 Å². The zero-order valence-corrected chi connectivity index (χ0v) is 14.1. The quantitative estimate of drug-likeness (QED) is 0.396. The van der Waals surface area contributed by atoms with Crippen LogP contribution in [0.25, 0.3) is 0 Å². The summed E-state index contributed by atoms with van der Waals surface area (Å²) in [6.07, 6.45) is 10.2. The van der Waals surface area contributed by atoms with Gasteiger partial charge in [-0.1, -0.05) is 33.1 Å². The maximum absolute atomic E-state index is 2.61. The van der Waals surface area contributed by atoms with Crippen molar-refractivity contribution in [1.82, 2.24) is 8.01 Å². The molecule has 0 N–H and O–H groups in total. The SMILES string of the molecule is CCC(C)N(C)C(CC)N(I)C1CCCCC1. The molecule has 0 aromatic heterocycles. The van der Waals surface area contributed by atoms with E-state index in [0.29, 0.717) is 12.2 Å². The molecule has 1 fully saturated rings. The predicted octanol–water partition coefficient (Wildman–Crippen LogP) is 4.44. The summed E-state index contributed by atoms with van der Waals surface area (Å²) in [5.74, 6) is 0. The summed E-state index contributed by atoms with van der Waals surface area (Å²) < 4.78 is 2.61. The molecule has 0 aromatic carbocycles. The van der Waals surface area contributed by atoms with E-state index in [-0.39, 0.29) is 0 Å². The molecule has 1 aliphatic carbocycles. The lowest BCUT2D eigenvalue weighted by molar-refractivity contribution is 0.0730. The number of hydrogen-bond acceptors (Lipinski definition) is 2. The number of hydrogen-bond donors (Lipinski definition) is 0. The van der Waals surface area contributed by atoms with Gasteiger partial charge < -0.3 is 0 Å². The first-order valence-electron chi connectivity index (χ1n) is 7.27.